The molecule has 2 heterocycles. The summed E-state index contributed by atoms with van der Waals surface area (Å²) in [7, 11) is 1.64. The van der Waals surface area contributed by atoms with E-state index in [1.807, 2.05) is 50.2 Å². The van der Waals surface area contributed by atoms with Crippen molar-refractivity contribution >= 4 is 11.6 Å². The van der Waals surface area contributed by atoms with E-state index in [1.165, 1.54) is 5.56 Å². The largest absolute Gasteiger partial charge is 0.497 e. The molecule has 0 atom stereocenters. The Hall–Kier alpha value is -4.07. The zero-order valence-electron chi connectivity index (χ0n) is 18.3. The molecule has 2 aromatic carbocycles. The molecule has 1 amide bonds. The molecular formula is C24H25N5O3. The molecule has 0 saturated carbocycles. The fourth-order valence-electron chi connectivity index (χ4n) is 3.32. The number of methoxy groups -OCH3 is 1. The Labute approximate surface area is 186 Å². The quantitative estimate of drug-likeness (QED) is 0.455. The van der Waals surface area contributed by atoms with Gasteiger partial charge in [-0.15, -0.1) is 0 Å². The van der Waals surface area contributed by atoms with Crippen molar-refractivity contribution in [2.75, 3.05) is 12.4 Å². The van der Waals surface area contributed by atoms with Gasteiger partial charge in [0.15, 0.2) is 12.4 Å². The molecular weight excluding hydrogens is 406 g/mol. The number of benzene rings is 2. The Morgan fingerprint density at radius 2 is 1.97 bits per heavy atom. The van der Waals surface area contributed by atoms with Gasteiger partial charge in [-0.1, -0.05) is 29.8 Å². The third-order valence-corrected chi connectivity index (χ3v) is 4.93. The van der Waals surface area contributed by atoms with Crippen LogP contribution in [0.15, 0.2) is 67.1 Å². The minimum Gasteiger partial charge on any atom is -0.497 e. The third kappa shape index (κ3) is 5.15. The lowest BCUT2D eigenvalue weighted by Crippen LogP contribution is -2.14. The van der Waals surface area contributed by atoms with Gasteiger partial charge >= 0.3 is 0 Å². The number of amides is 1. The Morgan fingerprint density at radius 1 is 1.09 bits per heavy atom. The SMILES string of the molecule is COc1cccc(Cn2cc(NC(=O)c3ccn(COc4ccc(C)cc4C)n3)cn2)c1. The highest BCUT2D eigenvalue weighted by molar-refractivity contribution is 6.02. The van der Waals surface area contributed by atoms with Crippen LogP contribution in [0.4, 0.5) is 5.69 Å². The summed E-state index contributed by atoms with van der Waals surface area (Å²) >= 11 is 0. The van der Waals surface area contributed by atoms with Gasteiger partial charge in [0, 0.05) is 12.4 Å². The van der Waals surface area contributed by atoms with Gasteiger partial charge in [-0.2, -0.15) is 10.2 Å². The molecule has 1 N–H and O–H groups in total. The summed E-state index contributed by atoms with van der Waals surface area (Å²) < 4.78 is 14.4. The second-order valence-electron chi connectivity index (χ2n) is 7.52. The molecule has 0 unspecified atom stereocenters. The molecule has 32 heavy (non-hydrogen) atoms. The van der Waals surface area contributed by atoms with Gasteiger partial charge in [0.2, 0.25) is 0 Å². The molecule has 0 radical (unpaired) electrons. The van der Waals surface area contributed by atoms with Crippen molar-refractivity contribution in [1.29, 1.82) is 0 Å². The average molecular weight is 431 g/mol. The monoisotopic (exact) mass is 431 g/mol. The molecule has 4 aromatic rings. The van der Waals surface area contributed by atoms with Crippen LogP contribution in [0.5, 0.6) is 11.5 Å². The van der Waals surface area contributed by atoms with E-state index >= 15 is 0 Å². The van der Waals surface area contributed by atoms with E-state index in [1.54, 1.807) is 41.1 Å². The smallest absolute Gasteiger partial charge is 0.276 e. The highest BCUT2D eigenvalue weighted by atomic mass is 16.5. The maximum absolute atomic E-state index is 12.6. The number of hydrogen-bond donors (Lipinski definition) is 1. The molecule has 0 saturated heterocycles. The fourth-order valence-corrected chi connectivity index (χ4v) is 3.32. The predicted octanol–water partition coefficient (Wildman–Crippen LogP) is 4.04. The Morgan fingerprint density at radius 3 is 2.78 bits per heavy atom. The van der Waals surface area contributed by atoms with Gasteiger partial charge in [0.25, 0.3) is 5.91 Å². The summed E-state index contributed by atoms with van der Waals surface area (Å²) in [6.07, 6.45) is 5.10. The van der Waals surface area contributed by atoms with Crippen LogP contribution in [0.25, 0.3) is 0 Å². The first-order valence-corrected chi connectivity index (χ1v) is 10.2. The zero-order chi connectivity index (χ0) is 22.5. The second kappa shape index (κ2) is 9.38. The molecule has 0 aliphatic carbocycles. The third-order valence-electron chi connectivity index (χ3n) is 4.93. The first-order chi connectivity index (χ1) is 15.5. The average Bonchev–Trinajstić information content (AvgIpc) is 3.43. The maximum atomic E-state index is 12.6. The van der Waals surface area contributed by atoms with Crippen LogP contribution in [-0.4, -0.2) is 32.6 Å². The highest BCUT2D eigenvalue weighted by Crippen LogP contribution is 2.19. The number of aryl methyl sites for hydroxylation is 2. The Balaban J connectivity index is 1.34. The van der Waals surface area contributed by atoms with Crippen molar-refractivity contribution in [3.05, 3.63) is 89.5 Å². The highest BCUT2D eigenvalue weighted by Gasteiger charge is 2.12. The van der Waals surface area contributed by atoms with E-state index in [9.17, 15) is 4.79 Å². The van der Waals surface area contributed by atoms with Crippen LogP contribution >= 0.6 is 0 Å². The van der Waals surface area contributed by atoms with Crippen LogP contribution in [0.2, 0.25) is 0 Å². The first kappa shape index (κ1) is 21.2. The summed E-state index contributed by atoms with van der Waals surface area (Å²) in [5.74, 6) is 1.28. The number of aromatic nitrogens is 4. The number of anilines is 1. The number of hydrogen-bond acceptors (Lipinski definition) is 5. The summed E-state index contributed by atoms with van der Waals surface area (Å²) in [5, 5.41) is 11.4. The molecule has 0 aliphatic rings. The number of carbonyl (C=O) groups excluding carboxylic acids is 1. The second-order valence-corrected chi connectivity index (χ2v) is 7.52. The van der Waals surface area contributed by atoms with Crippen molar-refractivity contribution in [3.8, 4) is 11.5 Å². The number of carbonyl (C=O) groups is 1. The topological polar surface area (TPSA) is 83.2 Å². The van der Waals surface area contributed by atoms with Gasteiger partial charge in [-0.3, -0.25) is 9.48 Å². The van der Waals surface area contributed by atoms with E-state index in [4.69, 9.17) is 9.47 Å². The normalized spacial score (nSPS) is 10.7. The van der Waals surface area contributed by atoms with Gasteiger partial charge in [0.05, 0.1) is 25.5 Å². The van der Waals surface area contributed by atoms with E-state index in [0.717, 1.165) is 22.6 Å². The van der Waals surface area contributed by atoms with Crippen molar-refractivity contribution in [2.24, 2.45) is 0 Å². The fraction of sp³-hybridized carbons (Fsp3) is 0.208. The number of nitrogens with zero attached hydrogens (tertiary/aromatic N) is 4. The lowest BCUT2D eigenvalue weighted by Gasteiger charge is -2.09. The van der Waals surface area contributed by atoms with Crippen molar-refractivity contribution in [2.45, 2.75) is 27.1 Å². The molecule has 4 rings (SSSR count). The van der Waals surface area contributed by atoms with E-state index in [2.05, 4.69) is 21.6 Å². The van der Waals surface area contributed by atoms with Crippen LogP contribution in [0, 0.1) is 13.8 Å². The van der Waals surface area contributed by atoms with E-state index in [0.29, 0.717) is 17.9 Å². The number of rotatable bonds is 8. The molecule has 2 aromatic heterocycles. The maximum Gasteiger partial charge on any atom is 0.276 e. The predicted molar refractivity (Wildman–Crippen MR) is 121 cm³/mol. The molecule has 8 nitrogen and oxygen atoms in total. The number of nitrogens with one attached hydrogen (secondary N) is 1. The van der Waals surface area contributed by atoms with Crippen molar-refractivity contribution in [1.82, 2.24) is 19.6 Å². The molecule has 0 bridgehead atoms. The van der Waals surface area contributed by atoms with Crippen LogP contribution < -0.4 is 14.8 Å². The lowest BCUT2D eigenvalue weighted by atomic mass is 10.1. The Bertz CT molecular complexity index is 1230. The van der Waals surface area contributed by atoms with Gasteiger partial charge in [-0.25, -0.2) is 4.68 Å². The first-order valence-electron chi connectivity index (χ1n) is 10.2. The van der Waals surface area contributed by atoms with Gasteiger partial charge in [-0.05, 0) is 49.2 Å². The van der Waals surface area contributed by atoms with Crippen LogP contribution in [0.1, 0.15) is 27.2 Å². The van der Waals surface area contributed by atoms with E-state index in [-0.39, 0.29) is 12.6 Å². The molecule has 0 spiro atoms. The molecule has 164 valence electrons. The standard InChI is InChI=1S/C24H25N5O3/c1-17-7-8-23(18(2)11-17)32-16-28-10-9-22(27-28)24(30)26-20-13-25-29(15-20)14-19-5-4-6-21(12-19)31-3/h4-13,15H,14,16H2,1-3H3,(H,26,30). The summed E-state index contributed by atoms with van der Waals surface area (Å²) in [6.45, 7) is 4.82. The molecule has 8 heteroatoms. The summed E-state index contributed by atoms with van der Waals surface area (Å²) in [6, 6.07) is 15.4. The summed E-state index contributed by atoms with van der Waals surface area (Å²) in [5.41, 5.74) is 4.18. The minimum atomic E-state index is -0.309. The van der Waals surface area contributed by atoms with Gasteiger partial charge < -0.3 is 14.8 Å². The van der Waals surface area contributed by atoms with Crippen molar-refractivity contribution in [3.63, 3.8) is 0 Å². The lowest BCUT2D eigenvalue weighted by molar-refractivity contribution is 0.102. The summed E-state index contributed by atoms with van der Waals surface area (Å²) in [4.78, 5) is 12.6. The number of ether oxygens (including phenoxy) is 2. The van der Waals surface area contributed by atoms with Gasteiger partial charge in [0.1, 0.15) is 11.5 Å². The Kier molecular flexibility index (Phi) is 6.21. The molecule has 0 fully saturated rings. The van der Waals surface area contributed by atoms with Crippen LogP contribution in [0.3, 0.4) is 0 Å². The zero-order valence-corrected chi connectivity index (χ0v) is 18.3. The van der Waals surface area contributed by atoms with E-state index < -0.39 is 0 Å². The van der Waals surface area contributed by atoms with Crippen LogP contribution in [-0.2, 0) is 13.3 Å². The van der Waals surface area contributed by atoms with Crippen molar-refractivity contribution < 1.29 is 14.3 Å². The minimum absolute atomic E-state index is 0.218. The molecule has 0 aliphatic heterocycles.